The van der Waals surface area contributed by atoms with Gasteiger partial charge < -0.3 is 4.74 Å². The topological polar surface area (TPSA) is 26.3 Å². The van der Waals surface area contributed by atoms with Crippen LogP contribution in [0.1, 0.15) is 46.5 Å². The zero-order chi connectivity index (χ0) is 9.45. The Labute approximate surface area is 75.3 Å². The van der Waals surface area contributed by atoms with Crippen LogP contribution in [-0.2, 0) is 9.53 Å². The molecule has 0 rings (SSSR count). The van der Waals surface area contributed by atoms with Gasteiger partial charge in [0, 0.05) is 0 Å². The van der Waals surface area contributed by atoms with Crippen molar-refractivity contribution in [3.8, 4) is 0 Å². The van der Waals surface area contributed by atoms with Crippen molar-refractivity contribution in [1.29, 1.82) is 0 Å². The maximum atomic E-state index is 9.83. The number of carbonyl (C=O) groups excluding carboxylic acids is 1. The molecule has 0 unspecified atom stereocenters. The van der Waals surface area contributed by atoms with Gasteiger partial charge in [-0.15, -0.1) is 0 Å². The van der Waals surface area contributed by atoms with Gasteiger partial charge in [-0.1, -0.05) is 27.2 Å². The Morgan fingerprint density at radius 3 is 2.50 bits per heavy atom. The smallest absolute Gasteiger partial charge is 0.293 e. The van der Waals surface area contributed by atoms with E-state index in [0.29, 0.717) is 18.5 Å². The van der Waals surface area contributed by atoms with E-state index >= 15 is 0 Å². The molecule has 0 saturated carbocycles. The lowest BCUT2D eigenvalue weighted by Gasteiger charge is -2.23. The number of hydrogen-bond acceptors (Lipinski definition) is 2. The number of hydrogen-bond donors (Lipinski definition) is 0. The summed E-state index contributed by atoms with van der Waals surface area (Å²) in [7, 11) is 0. The van der Waals surface area contributed by atoms with Gasteiger partial charge in [-0.05, 0) is 24.7 Å². The van der Waals surface area contributed by atoms with E-state index in [-0.39, 0.29) is 0 Å². The van der Waals surface area contributed by atoms with Crippen LogP contribution in [0.2, 0.25) is 0 Å². The van der Waals surface area contributed by atoms with Crippen molar-refractivity contribution in [1.82, 2.24) is 0 Å². The summed E-state index contributed by atoms with van der Waals surface area (Å²) >= 11 is 0. The van der Waals surface area contributed by atoms with Crippen molar-refractivity contribution in [2.75, 3.05) is 6.61 Å². The van der Waals surface area contributed by atoms with Crippen LogP contribution < -0.4 is 0 Å². The van der Waals surface area contributed by atoms with E-state index in [1.54, 1.807) is 0 Å². The quantitative estimate of drug-likeness (QED) is 0.436. The van der Waals surface area contributed by atoms with Crippen molar-refractivity contribution in [3.05, 3.63) is 0 Å². The summed E-state index contributed by atoms with van der Waals surface area (Å²) in [5.74, 6) is 0. The molecule has 0 aliphatic rings. The average Bonchev–Trinajstić information content (AvgIpc) is 1.98. The summed E-state index contributed by atoms with van der Waals surface area (Å²) in [6.45, 7) is 7.81. The minimum Gasteiger partial charge on any atom is -0.468 e. The fraction of sp³-hybridized carbons (Fsp3) is 0.900. The van der Waals surface area contributed by atoms with Gasteiger partial charge in [0.25, 0.3) is 6.47 Å². The second-order valence-electron chi connectivity index (χ2n) is 3.98. The summed E-state index contributed by atoms with van der Waals surface area (Å²) in [4.78, 5) is 9.83. The molecule has 0 aliphatic carbocycles. The first-order chi connectivity index (χ1) is 5.62. The highest BCUT2D eigenvalue weighted by Crippen LogP contribution is 2.27. The molecule has 0 aromatic rings. The molecule has 72 valence electrons. The third kappa shape index (κ3) is 6.20. The molecule has 0 aliphatic heterocycles. The minimum absolute atomic E-state index is 0.404. The molecular weight excluding hydrogens is 152 g/mol. The van der Waals surface area contributed by atoms with Gasteiger partial charge in [0.15, 0.2) is 0 Å². The van der Waals surface area contributed by atoms with E-state index in [4.69, 9.17) is 0 Å². The lowest BCUT2D eigenvalue weighted by atomic mass is 9.83. The summed E-state index contributed by atoms with van der Waals surface area (Å²) in [5.41, 5.74) is 0.404. The number of rotatable bonds is 7. The largest absolute Gasteiger partial charge is 0.468 e. The Morgan fingerprint density at radius 1 is 1.33 bits per heavy atom. The van der Waals surface area contributed by atoms with E-state index < -0.39 is 0 Å². The van der Waals surface area contributed by atoms with Crippen LogP contribution in [0.4, 0.5) is 0 Å². The zero-order valence-corrected chi connectivity index (χ0v) is 8.43. The Balaban J connectivity index is 3.39. The lowest BCUT2D eigenvalue weighted by molar-refractivity contribution is -0.128. The summed E-state index contributed by atoms with van der Waals surface area (Å²) < 4.78 is 4.63. The molecule has 0 saturated heterocycles. The molecule has 2 nitrogen and oxygen atoms in total. The highest BCUT2D eigenvalue weighted by Gasteiger charge is 2.15. The van der Waals surface area contributed by atoms with Crippen LogP contribution in [0.15, 0.2) is 0 Å². The molecular formula is C10H20O2. The van der Waals surface area contributed by atoms with E-state index in [9.17, 15) is 4.79 Å². The van der Waals surface area contributed by atoms with Crippen LogP contribution in [0.5, 0.6) is 0 Å². The highest BCUT2D eigenvalue weighted by atomic mass is 16.5. The van der Waals surface area contributed by atoms with E-state index in [1.165, 1.54) is 12.8 Å². The SMILES string of the molecule is CCCC(C)(C)CCCOC=O. The second-order valence-corrected chi connectivity index (χ2v) is 3.98. The average molecular weight is 172 g/mol. The third-order valence-corrected chi connectivity index (χ3v) is 2.11. The first kappa shape index (κ1) is 11.5. The standard InChI is InChI=1S/C10H20O2/c1-4-6-10(2,3)7-5-8-12-9-11/h9H,4-8H2,1-3H3. The van der Waals surface area contributed by atoms with Crippen LogP contribution in [0, 0.1) is 5.41 Å². The van der Waals surface area contributed by atoms with Gasteiger partial charge in [-0.2, -0.15) is 0 Å². The molecule has 0 fully saturated rings. The molecule has 0 bridgehead atoms. The maximum absolute atomic E-state index is 9.83. The van der Waals surface area contributed by atoms with Gasteiger partial charge in [0.05, 0.1) is 6.61 Å². The molecule has 0 aromatic heterocycles. The minimum atomic E-state index is 0.404. The van der Waals surface area contributed by atoms with Crippen LogP contribution in [0.25, 0.3) is 0 Å². The Hall–Kier alpha value is -0.530. The fourth-order valence-corrected chi connectivity index (χ4v) is 1.48. The molecule has 0 atom stereocenters. The summed E-state index contributed by atoms with van der Waals surface area (Å²) in [6, 6.07) is 0. The highest BCUT2D eigenvalue weighted by molar-refractivity contribution is 5.36. The molecule has 0 amide bonds. The Morgan fingerprint density at radius 2 is 2.00 bits per heavy atom. The van der Waals surface area contributed by atoms with Gasteiger partial charge in [0.1, 0.15) is 0 Å². The van der Waals surface area contributed by atoms with Crippen molar-refractivity contribution in [2.24, 2.45) is 5.41 Å². The molecule has 0 radical (unpaired) electrons. The molecule has 0 heterocycles. The predicted octanol–water partition coefficient (Wildman–Crippen LogP) is 2.77. The van der Waals surface area contributed by atoms with Crippen LogP contribution in [-0.4, -0.2) is 13.1 Å². The summed E-state index contributed by atoms with van der Waals surface area (Å²) in [5, 5.41) is 0. The number of carbonyl (C=O) groups is 1. The summed E-state index contributed by atoms with van der Waals surface area (Å²) in [6.07, 6.45) is 4.58. The molecule has 0 spiro atoms. The van der Waals surface area contributed by atoms with Crippen molar-refractivity contribution < 1.29 is 9.53 Å². The van der Waals surface area contributed by atoms with Gasteiger partial charge >= 0.3 is 0 Å². The lowest BCUT2D eigenvalue weighted by Crippen LogP contribution is -2.11. The van der Waals surface area contributed by atoms with Crippen molar-refractivity contribution in [3.63, 3.8) is 0 Å². The first-order valence-corrected chi connectivity index (χ1v) is 4.67. The van der Waals surface area contributed by atoms with Crippen molar-refractivity contribution >= 4 is 6.47 Å². The maximum Gasteiger partial charge on any atom is 0.293 e. The van der Waals surface area contributed by atoms with E-state index in [2.05, 4.69) is 25.5 Å². The monoisotopic (exact) mass is 172 g/mol. The normalized spacial score (nSPS) is 11.2. The molecule has 0 N–H and O–H groups in total. The van der Waals surface area contributed by atoms with Crippen LogP contribution in [0.3, 0.4) is 0 Å². The van der Waals surface area contributed by atoms with Gasteiger partial charge in [0.2, 0.25) is 0 Å². The Kier molecular flexibility index (Phi) is 5.77. The zero-order valence-electron chi connectivity index (χ0n) is 8.43. The molecule has 2 heteroatoms. The second kappa shape index (κ2) is 6.04. The first-order valence-electron chi connectivity index (χ1n) is 4.67. The fourth-order valence-electron chi connectivity index (χ4n) is 1.48. The molecule has 12 heavy (non-hydrogen) atoms. The Bertz CT molecular complexity index is 119. The number of ether oxygens (including phenoxy) is 1. The van der Waals surface area contributed by atoms with Crippen molar-refractivity contribution in [2.45, 2.75) is 46.5 Å². The van der Waals surface area contributed by atoms with Crippen LogP contribution >= 0.6 is 0 Å². The van der Waals surface area contributed by atoms with E-state index in [0.717, 1.165) is 12.8 Å². The third-order valence-electron chi connectivity index (χ3n) is 2.11. The van der Waals surface area contributed by atoms with Gasteiger partial charge in [-0.25, -0.2) is 0 Å². The predicted molar refractivity (Wildman–Crippen MR) is 49.9 cm³/mol. The van der Waals surface area contributed by atoms with Gasteiger partial charge in [-0.3, -0.25) is 4.79 Å². The molecule has 0 aromatic carbocycles. The van der Waals surface area contributed by atoms with E-state index in [1.807, 2.05) is 0 Å².